The van der Waals surface area contributed by atoms with E-state index in [4.69, 9.17) is 5.11 Å². The van der Waals surface area contributed by atoms with Crippen molar-refractivity contribution >= 4 is 11.9 Å². The summed E-state index contributed by atoms with van der Waals surface area (Å²) >= 11 is 0. The van der Waals surface area contributed by atoms with Crippen molar-refractivity contribution in [3.8, 4) is 0 Å². The van der Waals surface area contributed by atoms with Gasteiger partial charge in [0.25, 0.3) is 0 Å². The third kappa shape index (κ3) is 1.75. The molecule has 1 aliphatic rings. The van der Waals surface area contributed by atoms with E-state index in [1.165, 1.54) is 0 Å². The Bertz CT molecular complexity index is 202. The van der Waals surface area contributed by atoms with Crippen LogP contribution in [0.25, 0.3) is 0 Å². The second-order valence-electron chi connectivity index (χ2n) is 3.12. The number of hydrogen-bond donors (Lipinski definition) is 2. The molecule has 4 nitrogen and oxygen atoms in total. The SMILES string of the molecule is CCC1CNC(=O)CC1C(=O)O. The molecule has 0 bridgehead atoms. The third-order valence-corrected chi connectivity index (χ3v) is 2.38. The van der Waals surface area contributed by atoms with Gasteiger partial charge in [0.15, 0.2) is 0 Å². The van der Waals surface area contributed by atoms with Gasteiger partial charge in [-0.05, 0) is 5.92 Å². The van der Waals surface area contributed by atoms with Gasteiger partial charge in [-0.1, -0.05) is 13.3 Å². The van der Waals surface area contributed by atoms with E-state index < -0.39 is 11.9 Å². The van der Waals surface area contributed by atoms with Gasteiger partial charge < -0.3 is 10.4 Å². The number of nitrogens with one attached hydrogen (secondary N) is 1. The lowest BCUT2D eigenvalue weighted by Gasteiger charge is -2.27. The average Bonchev–Trinajstić information content (AvgIpc) is 2.04. The normalized spacial score (nSPS) is 29.6. The first-order valence-electron chi connectivity index (χ1n) is 4.14. The lowest BCUT2D eigenvalue weighted by Crippen LogP contribution is -2.43. The molecular weight excluding hydrogens is 158 g/mol. The van der Waals surface area contributed by atoms with Gasteiger partial charge in [0.2, 0.25) is 5.91 Å². The van der Waals surface area contributed by atoms with Crippen LogP contribution in [-0.2, 0) is 9.59 Å². The summed E-state index contributed by atoms with van der Waals surface area (Å²) in [5.74, 6) is -1.38. The number of rotatable bonds is 2. The first kappa shape index (κ1) is 9.03. The zero-order valence-corrected chi connectivity index (χ0v) is 7.04. The minimum atomic E-state index is -0.850. The average molecular weight is 171 g/mol. The summed E-state index contributed by atoms with van der Waals surface area (Å²) in [4.78, 5) is 21.6. The summed E-state index contributed by atoms with van der Waals surface area (Å²) in [6.07, 6.45) is 0.936. The number of carbonyl (C=O) groups is 2. The number of hydrogen-bond acceptors (Lipinski definition) is 2. The number of carboxylic acids is 1. The second kappa shape index (κ2) is 3.56. The van der Waals surface area contributed by atoms with E-state index >= 15 is 0 Å². The molecule has 2 unspecified atom stereocenters. The van der Waals surface area contributed by atoms with Crippen LogP contribution in [0.15, 0.2) is 0 Å². The lowest BCUT2D eigenvalue weighted by atomic mass is 9.84. The standard InChI is InChI=1S/C8H13NO3/c1-2-5-4-9-7(10)3-6(5)8(11)12/h5-6H,2-4H2,1H3,(H,9,10)(H,11,12). The molecule has 0 aliphatic carbocycles. The van der Waals surface area contributed by atoms with Crippen LogP contribution in [0.5, 0.6) is 0 Å². The van der Waals surface area contributed by atoms with Crippen LogP contribution in [-0.4, -0.2) is 23.5 Å². The van der Waals surface area contributed by atoms with Crippen molar-refractivity contribution in [3.05, 3.63) is 0 Å². The molecule has 2 atom stereocenters. The van der Waals surface area contributed by atoms with Crippen molar-refractivity contribution < 1.29 is 14.7 Å². The van der Waals surface area contributed by atoms with E-state index in [1.54, 1.807) is 0 Å². The van der Waals surface area contributed by atoms with E-state index in [1.807, 2.05) is 6.92 Å². The Hall–Kier alpha value is -1.06. The molecule has 1 amide bonds. The van der Waals surface area contributed by atoms with Gasteiger partial charge in [-0.3, -0.25) is 9.59 Å². The topological polar surface area (TPSA) is 66.4 Å². The van der Waals surface area contributed by atoms with Crippen LogP contribution in [0.3, 0.4) is 0 Å². The van der Waals surface area contributed by atoms with E-state index in [9.17, 15) is 9.59 Å². The molecule has 1 heterocycles. The Labute approximate surface area is 71.0 Å². The van der Waals surface area contributed by atoms with Crippen molar-refractivity contribution in [2.45, 2.75) is 19.8 Å². The molecule has 1 aliphatic heterocycles. The minimum Gasteiger partial charge on any atom is -0.481 e. The van der Waals surface area contributed by atoms with Gasteiger partial charge in [0, 0.05) is 13.0 Å². The molecule has 0 radical (unpaired) electrons. The van der Waals surface area contributed by atoms with Crippen LogP contribution in [0.2, 0.25) is 0 Å². The smallest absolute Gasteiger partial charge is 0.307 e. The number of carbonyl (C=O) groups excluding carboxylic acids is 1. The molecule has 0 spiro atoms. The van der Waals surface area contributed by atoms with Crippen LogP contribution in [0, 0.1) is 11.8 Å². The molecule has 0 aromatic rings. The number of carboxylic acid groups (broad SMARTS) is 1. The van der Waals surface area contributed by atoms with Gasteiger partial charge in [0.05, 0.1) is 5.92 Å². The molecule has 1 rings (SSSR count). The Balaban J connectivity index is 2.64. The highest BCUT2D eigenvalue weighted by molar-refractivity contribution is 5.83. The summed E-state index contributed by atoms with van der Waals surface area (Å²) in [6, 6.07) is 0. The number of aliphatic carboxylic acids is 1. The van der Waals surface area contributed by atoms with Crippen molar-refractivity contribution in [1.29, 1.82) is 0 Å². The number of piperidine rings is 1. The minimum absolute atomic E-state index is 0.0974. The van der Waals surface area contributed by atoms with Crippen LogP contribution in [0.1, 0.15) is 19.8 Å². The summed E-state index contributed by atoms with van der Waals surface area (Å²) < 4.78 is 0. The molecule has 1 saturated heterocycles. The molecule has 0 aromatic carbocycles. The highest BCUT2D eigenvalue weighted by Crippen LogP contribution is 2.22. The molecule has 12 heavy (non-hydrogen) atoms. The zero-order chi connectivity index (χ0) is 9.14. The van der Waals surface area contributed by atoms with Crippen LogP contribution < -0.4 is 5.32 Å². The monoisotopic (exact) mass is 171 g/mol. The fourth-order valence-corrected chi connectivity index (χ4v) is 1.54. The Morgan fingerprint density at radius 1 is 1.75 bits per heavy atom. The number of amides is 1. The third-order valence-electron chi connectivity index (χ3n) is 2.38. The van der Waals surface area contributed by atoms with E-state index in [0.29, 0.717) is 6.54 Å². The highest BCUT2D eigenvalue weighted by atomic mass is 16.4. The quantitative estimate of drug-likeness (QED) is 0.625. The predicted octanol–water partition coefficient (Wildman–Crippen LogP) is 0.233. The van der Waals surface area contributed by atoms with E-state index in [2.05, 4.69) is 5.32 Å². The second-order valence-corrected chi connectivity index (χ2v) is 3.12. The molecule has 2 N–H and O–H groups in total. The molecule has 1 fully saturated rings. The molecule has 0 aromatic heterocycles. The molecular formula is C8H13NO3. The zero-order valence-electron chi connectivity index (χ0n) is 7.04. The highest BCUT2D eigenvalue weighted by Gasteiger charge is 2.32. The van der Waals surface area contributed by atoms with Crippen molar-refractivity contribution in [1.82, 2.24) is 5.32 Å². The maximum absolute atomic E-state index is 10.9. The molecule has 4 heteroatoms. The van der Waals surface area contributed by atoms with Gasteiger partial charge in [-0.15, -0.1) is 0 Å². The fraction of sp³-hybridized carbons (Fsp3) is 0.750. The Morgan fingerprint density at radius 3 is 2.92 bits per heavy atom. The van der Waals surface area contributed by atoms with Gasteiger partial charge >= 0.3 is 5.97 Å². The largest absolute Gasteiger partial charge is 0.481 e. The first-order chi connectivity index (χ1) is 5.65. The van der Waals surface area contributed by atoms with E-state index in [0.717, 1.165) is 6.42 Å². The van der Waals surface area contributed by atoms with Crippen molar-refractivity contribution in [2.75, 3.05) is 6.54 Å². The molecule has 0 saturated carbocycles. The summed E-state index contributed by atoms with van der Waals surface area (Å²) in [5.41, 5.74) is 0. The van der Waals surface area contributed by atoms with Crippen LogP contribution in [0.4, 0.5) is 0 Å². The van der Waals surface area contributed by atoms with Gasteiger partial charge in [-0.2, -0.15) is 0 Å². The summed E-state index contributed by atoms with van der Waals surface area (Å²) in [6.45, 7) is 2.45. The van der Waals surface area contributed by atoms with Gasteiger partial charge in [-0.25, -0.2) is 0 Å². The van der Waals surface area contributed by atoms with Crippen LogP contribution >= 0.6 is 0 Å². The van der Waals surface area contributed by atoms with Crippen molar-refractivity contribution in [3.63, 3.8) is 0 Å². The first-order valence-corrected chi connectivity index (χ1v) is 4.14. The summed E-state index contributed by atoms with van der Waals surface area (Å²) in [5, 5.41) is 11.4. The Morgan fingerprint density at radius 2 is 2.42 bits per heavy atom. The fourth-order valence-electron chi connectivity index (χ4n) is 1.54. The lowest BCUT2D eigenvalue weighted by molar-refractivity contribution is -0.148. The Kier molecular flexibility index (Phi) is 2.68. The summed E-state index contributed by atoms with van der Waals surface area (Å²) in [7, 11) is 0. The van der Waals surface area contributed by atoms with Gasteiger partial charge in [0.1, 0.15) is 0 Å². The van der Waals surface area contributed by atoms with Crippen molar-refractivity contribution in [2.24, 2.45) is 11.8 Å². The maximum Gasteiger partial charge on any atom is 0.307 e. The predicted molar refractivity (Wildman–Crippen MR) is 42.5 cm³/mol. The van der Waals surface area contributed by atoms with E-state index in [-0.39, 0.29) is 18.2 Å². The molecule has 68 valence electrons. The maximum atomic E-state index is 10.9.